The minimum atomic E-state index is -4.34. The van der Waals surface area contributed by atoms with Gasteiger partial charge in [-0.2, -0.15) is 13.2 Å². The van der Waals surface area contributed by atoms with Crippen LogP contribution in [0.25, 0.3) is 6.08 Å². The van der Waals surface area contributed by atoms with Gasteiger partial charge in [0, 0.05) is 18.1 Å². The molecule has 2 aromatic carbocycles. The molecule has 0 spiro atoms. The lowest BCUT2D eigenvalue weighted by molar-refractivity contribution is -0.0790. The summed E-state index contributed by atoms with van der Waals surface area (Å²) in [6.07, 6.45) is -1.41. The fourth-order valence-electron chi connectivity index (χ4n) is 2.81. The number of halogens is 3. The Morgan fingerprint density at radius 1 is 1.00 bits per heavy atom. The Morgan fingerprint density at radius 2 is 1.70 bits per heavy atom. The van der Waals surface area contributed by atoms with Gasteiger partial charge in [0.2, 0.25) is 0 Å². The van der Waals surface area contributed by atoms with E-state index in [4.69, 9.17) is 9.47 Å². The normalized spacial score (nSPS) is 13.7. The number of Topliss-reactive ketones (excluding diaryl/α,β-unsaturated/α-hetero) is 1. The van der Waals surface area contributed by atoms with Crippen LogP contribution in [-0.2, 0) is 6.42 Å². The maximum Gasteiger partial charge on any atom is 0.409 e. The first-order valence-corrected chi connectivity index (χ1v) is 8.68. The maximum atomic E-state index is 12.3. The number of fused-ring (bicyclic) bond motifs is 1. The number of ether oxygens (including phenoxy) is 2. The van der Waals surface area contributed by atoms with Crippen molar-refractivity contribution in [3.8, 4) is 11.5 Å². The average molecular weight is 376 g/mol. The Balaban J connectivity index is 1.51. The third-order valence-electron chi connectivity index (χ3n) is 4.17. The second-order valence-corrected chi connectivity index (χ2v) is 6.25. The first kappa shape index (κ1) is 19.0. The molecule has 0 saturated carbocycles. The van der Waals surface area contributed by atoms with Crippen molar-refractivity contribution in [2.75, 3.05) is 13.2 Å². The molecule has 0 bridgehead atoms. The molecule has 0 aromatic heterocycles. The number of allylic oxidation sites excluding steroid dienone is 1. The fourth-order valence-corrected chi connectivity index (χ4v) is 2.81. The number of benzene rings is 2. The van der Waals surface area contributed by atoms with Gasteiger partial charge in [0.05, 0.1) is 0 Å². The molecule has 1 aliphatic rings. The number of carbonyl (C=O) groups excluding carboxylic acids is 1. The van der Waals surface area contributed by atoms with Crippen molar-refractivity contribution in [3.63, 3.8) is 0 Å². The van der Waals surface area contributed by atoms with Crippen LogP contribution in [0.15, 0.2) is 48.5 Å². The van der Waals surface area contributed by atoms with E-state index in [9.17, 15) is 18.0 Å². The van der Waals surface area contributed by atoms with E-state index in [1.807, 2.05) is 18.2 Å². The standard InChI is InChI=1S/C21H19F3O3/c22-21(23,24)11-10-15-4-7-17(8-5-15)18(25)3-1-2-16-6-9-19-20(14-16)27-13-12-26-19/h4-11,14H,1-3,12-13H2/b11-10+. The molecule has 0 unspecified atom stereocenters. The summed E-state index contributed by atoms with van der Waals surface area (Å²) in [6, 6.07) is 11.9. The van der Waals surface area contributed by atoms with Crippen LogP contribution in [0.1, 0.15) is 34.3 Å². The van der Waals surface area contributed by atoms with Crippen LogP contribution < -0.4 is 9.47 Å². The largest absolute Gasteiger partial charge is 0.486 e. The highest BCUT2D eigenvalue weighted by Gasteiger charge is 2.21. The first-order valence-electron chi connectivity index (χ1n) is 8.68. The molecule has 3 rings (SSSR count). The molecule has 0 aliphatic carbocycles. The molecule has 142 valence electrons. The molecule has 6 heteroatoms. The molecule has 1 heterocycles. The van der Waals surface area contributed by atoms with Crippen molar-refractivity contribution in [3.05, 3.63) is 65.2 Å². The molecular weight excluding hydrogens is 357 g/mol. The molecule has 0 radical (unpaired) electrons. The van der Waals surface area contributed by atoms with E-state index in [1.165, 1.54) is 12.1 Å². The summed E-state index contributed by atoms with van der Waals surface area (Å²) in [4.78, 5) is 12.3. The van der Waals surface area contributed by atoms with Crippen molar-refractivity contribution < 1.29 is 27.4 Å². The van der Waals surface area contributed by atoms with Crippen LogP contribution in [0.5, 0.6) is 11.5 Å². The first-order chi connectivity index (χ1) is 12.9. The molecule has 0 amide bonds. The highest BCUT2D eigenvalue weighted by molar-refractivity contribution is 5.96. The van der Waals surface area contributed by atoms with Crippen LogP contribution >= 0.6 is 0 Å². The van der Waals surface area contributed by atoms with Gasteiger partial charge in [0.1, 0.15) is 13.2 Å². The molecule has 0 N–H and O–H groups in total. The van der Waals surface area contributed by atoms with Gasteiger partial charge in [-0.05, 0) is 36.1 Å². The van der Waals surface area contributed by atoms with Crippen molar-refractivity contribution in [1.82, 2.24) is 0 Å². The summed E-state index contributed by atoms with van der Waals surface area (Å²) in [5, 5.41) is 0. The predicted molar refractivity (Wildman–Crippen MR) is 96.2 cm³/mol. The lowest BCUT2D eigenvalue weighted by atomic mass is 10.0. The highest BCUT2D eigenvalue weighted by atomic mass is 19.4. The molecule has 1 aliphatic heterocycles. The lowest BCUT2D eigenvalue weighted by Crippen LogP contribution is -2.15. The molecule has 27 heavy (non-hydrogen) atoms. The Labute approximate surface area is 155 Å². The second kappa shape index (κ2) is 8.29. The number of rotatable bonds is 6. The van der Waals surface area contributed by atoms with E-state index in [1.54, 1.807) is 12.1 Å². The van der Waals surface area contributed by atoms with Crippen LogP contribution in [0.4, 0.5) is 13.2 Å². The number of hydrogen-bond donors (Lipinski definition) is 0. The smallest absolute Gasteiger partial charge is 0.409 e. The monoisotopic (exact) mass is 376 g/mol. The Morgan fingerprint density at radius 3 is 2.41 bits per heavy atom. The summed E-state index contributed by atoms with van der Waals surface area (Å²) < 4.78 is 47.5. The Hall–Kier alpha value is -2.76. The van der Waals surface area contributed by atoms with Crippen molar-refractivity contribution >= 4 is 11.9 Å². The Kier molecular flexibility index (Phi) is 5.84. The summed E-state index contributed by atoms with van der Waals surface area (Å²) in [5.41, 5.74) is 1.97. The van der Waals surface area contributed by atoms with Crippen LogP contribution in [0, 0.1) is 0 Å². The average Bonchev–Trinajstić information content (AvgIpc) is 2.66. The summed E-state index contributed by atoms with van der Waals surface area (Å²) in [6.45, 7) is 1.08. The second-order valence-electron chi connectivity index (χ2n) is 6.25. The summed E-state index contributed by atoms with van der Waals surface area (Å²) in [7, 11) is 0. The van der Waals surface area contributed by atoms with Crippen molar-refractivity contribution in [2.45, 2.75) is 25.4 Å². The molecule has 3 nitrogen and oxygen atoms in total. The predicted octanol–water partition coefficient (Wildman–Crippen LogP) is 5.24. The quantitative estimate of drug-likeness (QED) is 0.647. The fraction of sp³-hybridized carbons (Fsp3) is 0.286. The van der Waals surface area contributed by atoms with Crippen LogP contribution in [0.2, 0.25) is 0 Å². The number of carbonyl (C=O) groups is 1. The van der Waals surface area contributed by atoms with Gasteiger partial charge in [0.25, 0.3) is 0 Å². The third kappa shape index (κ3) is 5.61. The minimum absolute atomic E-state index is 0.0288. The highest BCUT2D eigenvalue weighted by Crippen LogP contribution is 2.31. The van der Waals surface area contributed by atoms with E-state index in [2.05, 4.69) is 0 Å². The molecule has 0 atom stereocenters. The van der Waals surface area contributed by atoms with Crippen LogP contribution in [-0.4, -0.2) is 25.2 Å². The topological polar surface area (TPSA) is 35.5 Å². The molecule has 0 fully saturated rings. The van der Waals surface area contributed by atoms with Gasteiger partial charge < -0.3 is 9.47 Å². The van der Waals surface area contributed by atoms with Gasteiger partial charge in [-0.1, -0.05) is 36.4 Å². The number of hydrogen-bond acceptors (Lipinski definition) is 3. The van der Waals surface area contributed by atoms with Gasteiger partial charge in [-0.15, -0.1) is 0 Å². The summed E-state index contributed by atoms with van der Waals surface area (Å²) in [5.74, 6) is 1.44. The number of ketones is 1. The van der Waals surface area contributed by atoms with Crippen LogP contribution in [0.3, 0.4) is 0 Å². The summed E-state index contributed by atoms with van der Waals surface area (Å²) >= 11 is 0. The van der Waals surface area contributed by atoms with Crippen molar-refractivity contribution in [2.24, 2.45) is 0 Å². The lowest BCUT2D eigenvalue weighted by Gasteiger charge is -2.18. The Bertz CT molecular complexity index is 824. The zero-order valence-electron chi connectivity index (χ0n) is 14.6. The van der Waals surface area contributed by atoms with Crippen molar-refractivity contribution in [1.29, 1.82) is 0 Å². The van der Waals surface area contributed by atoms with E-state index in [0.29, 0.717) is 37.2 Å². The molecular formula is C21H19F3O3. The van der Waals surface area contributed by atoms with E-state index in [-0.39, 0.29) is 11.9 Å². The zero-order chi connectivity index (χ0) is 19.3. The third-order valence-corrected chi connectivity index (χ3v) is 4.17. The SMILES string of the molecule is O=C(CCCc1ccc2c(c1)OCCO2)c1ccc(/C=C/C(F)(F)F)cc1. The van der Waals surface area contributed by atoms with Gasteiger partial charge in [-0.25, -0.2) is 0 Å². The maximum absolute atomic E-state index is 12.3. The molecule has 2 aromatic rings. The van der Waals surface area contributed by atoms with E-state index < -0.39 is 6.18 Å². The number of alkyl halides is 3. The van der Waals surface area contributed by atoms with E-state index in [0.717, 1.165) is 29.6 Å². The van der Waals surface area contributed by atoms with Gasteiger partial charge in [0.15, 0.2) is 17.3 Å². The van der Waals surface area contributed by atoms with Gasteiger partial charge >= 0.3 is 6.18 Å². The zero-order valence-corrected chi connectivity index (χ0v) is 14.6. The molecule has 0 saturated heterocycles. The van der Waals surface area contributed by atoms with E-state index >= 15 is 0 Å². The number of aryl methyl sites for hydroxylation is 1. The minimum Gasteiger partial charge on any atom is -0.486 e. The van der Waals surface area contributed by atoms with Gasteiger partial charge in [-0.3, -0.25) is 4.79 Å².